The maximum atomic E-state index is 12.6. The van der Waals surface area contributed by atoms with Gasteiger partial charge in [-0.1, -0.05) is 18.2 Å². The molecule has 27 heavy (non-hydrogen) atoms. The number of carbonyl (C=O) groups excluding carboxylic acids is 1. The molecule has 0 unspecified atom stereocenters. The number of rotatable bonds is 7. The van der Waals surface area contributed by atoms with E-state index in [2.05, 4.69) is 10.0 Å². The first-order valence-corrected chi connectivity index (χ1v) is 10.0. The molecule has 1 heterocycles. The summed E-state index contributed by atoms with van der Waals surface area (Å²) in [4.78, 5) is 11.9. The van der Waals surface area contributed by atoms with E-state index in [1.54, 1.807) is 58.0 Å². The van der Waals surface area contributed by atoms with Gasteiger partial charge in [0.05, 0.1) is 18.6 Å². The molecule has 0 bridgehead atoms. The first-order valence-electron chi connectivity index (χ1n) is 8.54. The molecule has 0 aliphatic heterocycles. The van der Waals surface area contributed by atoms with Crippen LogP contribution in [0.25, 0.3) is 0 Å². The summed E-state index contributed by atoms with van der Waals surface area (Å²) in [6, 6.07) is 8.45. The molecule has 2 N–H and O–H groups in total. The maximum Gasteiger partial charge on any atom is 0.341 e. The molecule has 0 amide bonds. The van der Waals surface area contributed by atoms with Crippen LogP contribution in [0, 0.1) is 6.92 Å². The minimum Gasteiger partial charge on any atom is -0.465 e. The van der Waals surface area contributed by atoms with Gasteiger partial charge in [-0.15, -0.1) is 0 Å². The van der Waals surface area contributed by atoms with Crippen molar-refractivity contribution in [2.75, 3.05) is 7.11 Å². The van der Waals surface area contributed by atoms with Gasteiger partial charge in [-0.2, -0.15) is 0 Å². The summed E-state index contributed by atoms with van der Waals surface area (Å²) in [5, 5.41) is 3.15. The lowest BCUT2D eigenvalue weighted by molar-refractivity contribution is 0.0598. The van der Waals surface area contributed by atoms with Gasteiger partial charge >= 0.3 is 5.97 Å². The van der Waals surface area contributed by atoms with Crippen molar-refractivity contribution < 1.29 is 22.4 Å². The minimum absolute atomic E-state index is 0.235. The molecule has 0 aliphatic rings. The van der Waals surface area contributed by atoms with Crippen LogP contribution in [0.15, 0.2) is 39.6 Å². The number of nitrogens with one attached hydrogen (secondary N) is 2. The summed E-state index contributed by atoms with van der Waals surface area (Å²) in [6.07, 6.45) is 0. The van der Waals surface area contributed by atoms with E-state index < -0.39 is 21.5 Å². The van der Waals surface area contributed by atoms with Gasteiger partial charge < -0.3 is 14.5 Å². The fourth-order valence-corrected chi connectivity index (χ4v) is 4.29. The zero-order valence-corrected chi connectivity index (χ0v) is 17.1. The summed E-state index contributed by atoms with van der Waals surface area (Å²) in [5.74, 6) is 0.601. The molecule has 2 rings (SSSR count). The highest BCUT2D eigenvalue weighted by Gasteiger charge is 2.24. The highest BCUT2D eigenvalue weighted by molar-refractivity contribution is 7.89. The van der Waals surface area contributed by atoms with Gasteiger partial charge in [0.15, 0.2) is 0 Å². The first-order chi connectivity index (χ1) is 12.5. The predicted molar refractivity (Wildman–Crippen MR) is 102 cm³/mol. The Balaban J connectivity index is 2.11. The molecule has 7 nitrogen and oxygen atoms in total. The third-order valence-electron chi connectivity index (χ3n) is 3.69. The molecule has 0 atom stereocenters. The minimum atomic E-state index is -3.64. The van der Waals surface area contributed by atoms with Gasteiger partial charge in [0.2, 0.25) is 10.0 Å². The topological polar surface area (TPSA) is 97.6 Å². The van der Waals surface area contributed by atoms with Gasteiger partial charge in [-0.3, -0.25) is 0 Å². The van der Waals surface area contributed by atoms with E-state index in [4.69, 9.17) is 9.15 Å². The Bertz CT molecular complexity index is 910. The largest absolute Gasteiger partial charge is 0.465 e. The lowest BCUT2D eigenvalue weighted by Gasteiger charge is -2.21. The number of hydrogen-bond acceptors (Lipinski definition) is 6. The zero-order valence-electron chi connectivity index (χ0n) is 16.3. The van der Waals surface area contributed by atoms with Gasteiger partial charge in [-0.25, -0.2) is 17.9 Å². The molecule has 2 aromatic rings. The molecule has 0 spiro atoms. The van der Waals surface area contributed by atoms with Crippen LogP contribution in [0.1, 0.15) is 48.2 Å². The Morgan fingerprint density at radius 2 is 1.85 bits per heavy atom. The molecule has 1 aromatic heterocycles. The molecule has 148 valence electrons. The number of sulfonamides is 1. The van der Waals surface area contributed by atoms with Crippen LogP contribution >= 0.6 is 0 Å². The van der Waals surface area contributed by atoms with E-state index in [0.29, 0.717) is 35.7 Å². The lowest BCUT2D eigenvalue weighted by Crippen LogP contribution is -2.40. The summed E-state index contributed by atoms with van der Waals surface area (Å²) >= 11 is 0. The number of ether oxygens (including phenoxy) is 1. The van der Waals surface area contributed by atoms with Gasteiger partial charge in [0, 0.05) is 12.1 Å². The summed E-state index contributed by atoms with van der Waals surface area (Å²) in [7, 11) is -2.32. The molecule has 8 heteroatoms. The normalized spacial score (nSPS) is 12.2. The third-order valence-corrected chi connectivity index (χ3v) is 5.55. The third kappa shape index (κ3) is 5.66. The van der Waals surface area contributed by atoms with Crippen molar-refractivity contribution in [1.82, 2.24) is 10.0 Å². The average molecular weight is 394 g/mol. The molecule has 0 fully saturated rings. The van der Waals surface area contributed by atoms with Crippen LogP contribution in [-0.4, -0.2) is 27.0 Å². The Labute approximate surface area is 160 Å². The number of aryl methyl sites for hydroxylation is 1. The van der Waals surface area contributed by atoms with Crippen molar-refractivity contribution >= 4 is 16.0 Å². The lowest BCUT2D eigenvalue weighted by atomic mass is 10.1. The highest BCUT2D eigenvalue weighted by atomic mass is 32.2. The summed E-state index contributed by atoms with van der Waals surface area (Å²) in [6.45, 7) is 7.75. The standard InChI is InChI=1S/C19H26N2O5S/c1-13-16(18(22)25-5)10-15(26-13)12-20-11-14-8-6-7-9-17(14)27(23,24)21-19(2,3)4/h6-10,20-21H,11-12H2,1-5H3. The Kier molecular flexibility index (Phi) is 6.46. The molecule has 0 saturated carbocycles. The van der Waals surface area contributed by atoms with Crippen molar-refractivity contribution in [3.05, 3.63) is 53.0 Å². The molecular formula is C19H26N2O5S. The number of esters is 1. The number of hydrogen-bond donors (Lipinski definition) is 2. The first kappa shape index (κ1) is 21.1. The molecule has 1 aromatic carbocycles. The van der Waals surface area contributed by atoms with Crippen molar-refractivity contribution in [3.8, 4) is 0 Å². The van der Waals surface area contributed by atoms with Crippen LogP contribution in [-0.2, 0) is 27.8 Å². The predicted octanol–water partition coefficient (Wildman–Crippen LogP) is 2.74. The quantitative estimate of drug-likeness (QED) is 0.701. The van der Waals surface area contributed by atoms with Gasteiger partial charge in [0.25, 0.3) is 0 Å². The summed E-state index contributed by atoms with van der Waals surface area (Å²) in [5.41, 5.74) is 0.451. The van der Waals surface area contributed by atoms with Crippen LogP contribution in [0.2, 0.25) is 0 Å². The van der Waals surface area contributed by atoms with E-state index in [1.165, 1.54) is 7.11 Å². The van der Waals surface area contributed by atoms with Crippen molar-refractivity contribution in [2.24, 2.45) is 0 Å². The number of benzene rings is 1. The number of methoxy groups -OCH3 is 1. The number of carbonyl (C=O) groups is 1. The van der Waals surface area contributed by atoms with E-state index in [9.17, 15) is 13.2 Å². The van der Waals surface area contributed by atoms with E-state index in [-0.39, 0.29) is 4.90 Å². The number of furan rings is 1. The Morgan fingerprint density at radius 3 is 2.48 bits per heavy atom. The highest BCUT2D eigenvalue weighted by Crippen LogP contribution is 2.19. The zero-order chi connectivity index (χ0) is 20.2. The molecule has 0 radical (unpaired) electrons. The summed E-state index contributed by atoms with van der Waals surface area (Å²) < 4.78 is 38.2. The monoisotopic (exact) mass is 394 g/mol. The second-order valence-corrected chi connectivity index (χ2v) is 8.89. The fourth-order valence-electron chi connectivity index (χ4n) is 2.63. The Morgan fingerprint density at radius 1 is 1.19 bits per heavy atom. The van der Waals surface area contributed by atoms with Crippen LogP contribution in [0.4, 0.5) is 0 Å². The molecule has 0 aliphatic carbocycles. The van der Waals surface area contributed by atoms with Crippen molar-refractivity contribution in [3.63, 3.8) is 0 Å². The van der Waals surface area contributed by atoms with Crippen LogP contribution in [0.5, 0.6) is 0 Å². The van der Waals surface area contributed by atoms with Crippen LogP contribution < -0.4 is 10.0 Å². The average Bonchev–Trinajstić information content (AvgIpc) is 2.93. The van der Waals surface area contributed by atoms with E-state index in [0.717, 1.165) is 0 Å². The van der Waals surface area contributed by atoms with Crippen molar-refractivity contribution in [2.45, 2.75) is 51.2 Å². The second-order valence-electron chi connectivity index (χ2n) is 7.24. The van der Waals surface area contributed by atoms with Gasteiger partial charge in [-0.05, 0) is 45.4 Å². The molecule has 0 saturated heterocycles. The maximum absolute atomic E-state index is 12.6. The SMILES string of the molecule is COC(=O)c1cc(CNCc2ccccc2S(=O)(=O)NC(C)(C)C)oc1C. The van der Waals surface area contributed by atoms with E-state index in [1.807, 2.05) is 0 Å². The van der Waals surface area contributed by atoms with Gasteiger partial charge in [0.1, 0.15) is 17.1 Å². The van der Waals surface area contributed by atoms with Crippen LogP contribution in [0.3, 0.4) is 0 Å². The second kappa shape index (κ2) is 8.24. The smallest absolute Gasteiger partial charge is 0.341 e. The molecular weight excluding hydrogens is 368 g/mol. The van der Waals surface area contributed by atoms with Crippen molar-refractivity contribution in [1.29, 1.82) is 0 Å². The Hall–Kier alpha value is -2.16. The van der Waals surface area contributed by atoms with E-state index >= 15 is 0 Å². The fraction of sp³-hybridized carbons (Fsp3) is 0.421.